The second-order valence-electron chi connectivity index (χ2n) is 8.84. The van der Waals surface area contributed by atoms with Gasteiger partial charge in [-0.2, -0.15) is 0 Å². The van der Waals surface area contributed by atoms with E-state index in [0.717, 1.165) is 84.4 Å². The molecule has 1 amide bonds. The summed E-state index contributed by atoms with van der Waals surface area (Å²) in [7, 11) is 0. The van der Waals surface area contributed by atoms with Gasteiger partial charge in [-0.05, 0) is 37.4 Å². The topological polar surface area (TPSA) is 79.4 Å². The van der Waals surface area contributed by atoms with Crippen molar-refractivity contribution < 1.29 is 9.53 Å². The van der Waals surface area contributed by atoms with E-state index in [9.17, 15) is 4.79 Å². The Balaban J connectivity index is 1.19. The molecular weight excluding hydrogens is 442 g/mol. The Labute approximate surface area is 195 Å². The summed E-state index contributed by atoms with van der Waals surface area (Å²) in [6.45, 7) is 5.60. The number of amides is 1. The number of hydrogen-bond acceptors (Lipinski definition) is 8. The van der Waals surface area contributed by atoms with E-state index in [0.29, 0.717) is 18.4 Å². The van der Waals surface area contributed by atoms with Gasteiger partial charge in [0.05, 0.1) is 17.0 Å². The number of hydrogen-bond donors (Lipinski definition) is 2. The summed E-state index contributed by atoms with van der Waals surface area (Å²) in [5.41, 5.74) is 3.36. The van der Waals surface area contributed by atoms with Gasteiger partial charge in [-0.3, -0.25) is 9.78 Å². The van der Waals surface area contributed by atoms with Crippen LogP contribution in [0.1, 0.15) is 29.7 Å². The van der Waals surface area contributed by atoms with Gasteiger partial charge in [0, 0.05) is 61.8 Å². The molecule has 2 fully saturated rings. The Morgan fingerprint density at radius 3 is 3.25 bits per heavy atom. The maximum absolute atomic E-state index is 13.0. The van der Waals surface area contributed by atoms with Crippen LogP contribution >= 0.6 is 22.7 Å². The lowest BCUT2D eigenvalue weighted by Crippen LogP contribution is -2.42. The average Bonchev–Trinajstić information content (AvgIpc) is 3.52. The fourth-order valence-electron chi connectivity index (χ4n) is 5.14. The van der Waals surface area contributed by atoms with Crippen LogP contribution in [-0.2, 0) is 22.5 Å². The van der Waals surface area contributed by atoms with Crippen molar-refractivity contribution in [2.45, 2.75) is 38.3 Å². The number of thiophene rings is 1. The number of nitrogens with one attached hydrogen (secondary N) is 2. The molecule has 0 saturated carbocycles. The fraction of sp³-hybridized carbons (Fsp3) is 0.522. The Morgan fingerprint density at radius 2 is 2.31 bits per heavy atom. The normalized spacial score (nSPS) is 23.2. The third kappa shape index (κ3) is 3.97. The molecule has 32 heavy (non-hydrogen) atoms. The molecule has 0 radical (unpaired) electrons. The average molecular weight is 470 g/mol. The first-order valence-corrected chi connectivity index (χ1v) is 13.1. The monoisotopic (exact) mass is 469 g/mol. The molecule has 2 atom stereocenters. The van der Waals surface area contributed by atoms with Crippen LogP contribution in [0.3, 0.4) is 0 Å². The lowest BCUT2D eigenvalue weighted by Gasteiger charge is -2.33. The lowest BCUT2D eigenvalue weighted by atomic mass is 9.94. The van der Waals surface area contributed by atoms with Crippen LogP contribution in [0.5, 0.6) is 0 Å². The summed E-state index contributed by atoms with van der Waals surface area (Å²) in [5, 5.41) is 8.62. The summed E-state index contributed by atoms with van der Waals surface area (Å²) in [6, 6.07) is 2.01. The number of pyridine rings is 1. The first-order valence-electron chi connectivity index (χ1n) is 11.4. The summed E-state index contributed by atoms with van der Waals surface area (Å²) < 4.78 is 6.93. The van der Waals surface area contributed by atoms with Crippen LogP contribution in [0.4, 0.5) is 5.00 Å². The van der Waals surface area contributed by atoms with Crippen LogP contribution < -0.4 is 10.6 Å². The van der Waals surface area contributed by atoms with Crippen molar-refractivity contribution in [1.82, 2.24) is 20.2 Å². The number of piperidine rings is 1. The molecule has 7 nitrogen and oxygen atoms in total. The summed E-state index contributed by atoms with van der Waals surface area (Å²) in [4.78, 5) is 25.8. The van der Waals surface area contributed by atoms with Crippen molar-refractivity contribution in [1.29, 1.82) is 0 Å². The zero-order valence-corrected chi connectivity index (χ0v) is 19.6. The number of nitrogens with zero attached hydrogens (tertiary/aromatic N) is 3. The molecule has 2 saturated heterocycles. The minimum Gasteiger partial charge on any atom is -0.378 e. The molecule has 3 aromatic rings. The van der Waals surface area contributed by atoms with E-state index in [4.69, 9.17) is 9.72 Å². The number of aromatic nitrogens is 2. The zero-order valence-electron chi connectivity index (χ0n) is 17.9. The molecule has 168 valence electrons. The predicted molar refractivity (Wildman–Crippen MR) is 128 cm³/mol. The second kappa shape index (κ2) is 8.79. The number of rotatable bonds is 5. The molecule has 0 spiro atoms. The van der Waals surface area contributed by atoms with Gasteiger partial charge in [0.1, 0.15) is 15.5 Å². The molecule has 0 aromatic carbocycles. The van der Waals surface area contributed by atoms with Crippen LogP contribution in [-0.4, -0.2) is 59.7 Å². The minimum atomic E-state index is 0.0883. The van der Waals surface area contributed by atoms with E-state index in [-0.39, 0.29) is 5.91 Å². The fourth-order valence-corrected chi connectivity index (χ4v) is 7.45. The van der Waals surface area contributed by atoms with Crippen LogP contribution in [0.2, 0.25) is 0 Å². The minimum absolute atomic E-state index is 0.0883. The molecule has 3 aromatic heterocycles. The lowest BCUT2D eigenvalue weighted by molar-refractivity contribution is -0.116. The standard InChI is InChI=1S/C23H27N5O2S2/c29-20(4-9-28-8-3-17-14(13-28)5-10-30-17)27-23-21(15-1-6-25-12-19(15)32-23)22-26-16-11-24-7-2-18(16)31-22/h2,7,11,14,17,25H,1,3-6,8-10,12-13H2,(H,27,29). The molecule has 0 bridgehead atoms. The molecule has 9 heteroatoms. The van der Waals surface area contributed by atoms with Crippen molar-refractivity contribution in [2.75, 3.05) is 38.1 Å². The Morgan fingerprint density at radius 1 is 1.34 bits per heavy atom. The molecular formula is C23H27N5O2S2. The number of carbonyl (C=O) groups excluding carboxylic acids is 1. The molecule has 0 aliphatic carbocycles. The van der Waals surface area contributed by atoms with E-state index in [1.807, 2.05) is 12.3 Å². The SMILES string of the molecule is O=C(CCN1CCC2OCCC2C1)Nc1sc2c(c1-c1nc3cnccc3s1)CCNC2. The molecule has 2 N–H and O–H groups in total. The van der Waals surface area contributed by atoms with Gasteiger partial charge < -0.3 is 20.3 Å². The Kier molecular flexibility index (Phi) is 5.68. The number of carbonyl (C=O) groups is 1. The Hall–Kier alpha value is -1.91. The van der Waals surface area contributed by atoms with Gasteiger partial charge in [0.25, 0.3) is 0 Å². The van der Waals surface area contributed by atoms with Gasteiger partial charge >= 0.3 is 0 Å². The number of ether oxygens (including phenoxy) is 1. The quantitative estimate of drug-likeness (QED) is 0.595. The smallest absolute Gasteiger partial charge is 0.226 e. The number of thiazole rings is 1. The van der Waals surface area contributed by atoms with E-state index < -0.39 is 0 Å². The van der Waals surface area contributed by atoms with E-state index >= 15 is 0 Å². The summed E-state index contributed by atoms with van der Waals surface area (Å²) >= 11 is 3.37. The molecule has 6 rings (SSSR count). The van der Waals surface area contributed by atoms with Gasteiger partial charge in [-0.1, -0.05) is 0 Å². The third-order valence-electron chi connectivity index (χ3n) is 6.81. The van der Waals surface area contributed by atoms with Crippen LogP contribution in [0.25, 0.3) is 20.8 Å². The van der Waals surface area contributed by atoms with E-state index in [2.05, 4.69) is 20.5 Å². The highest BCUT2D eigenvalue weighted by molar-refractivity contribution is 7.22. The maximum Gasteiger partial charge on any atom is 0.226 e. The molecule has 3 aliphatic rings. The summed E-state index contributed by atoms with van der Waals surface area (Å²) in [5.74, 6) is 0.730. The second-order valence-corrected chi connectivity index (χ2v) is 11.0. The van der Waals surface area contributed by atoms with Gasteiger partial charge in [-0.25, -0.2) is 4.98 Å². The number of fused-ring (bicyclic) bond motifs is 3. The maximum atomic E-state index is 13.0. The highest BCUT2D eigenvalue weighted by Gasteiger charge is 2.34. The Bertz CT molecular complexity index is 1110. The van der Waals surface area contributed by atoms with Crippen molar-refractivity contribution in [3.05, 3.63) is 28.9 Å². The largest absolute Gasteiger partial charge is 0.378 e. The molecule has 2 unspecified atom stereocenters. The highest BCUT2D eigenvalue weighted by atomic mass is 32.1. The number of anilines is 1. The number of likely N-dealkylation sites (tertiary alicyclic amines) is 1. The van der Waals surface area contributed by atoms with Crippen LogP contribution in [0, 0.1) is 5.92 Å². The van der Waals surface area contributed by atoms with Gasteiger partial charge in [-0.15, -0.1) is 22.7 Å². The summed E-state index contributed by atoms with van der Waals surface area (Å²) in [6.07, 6.45) is 7.79. The van der Waals surface area contributed by atoms with E-state index in [1.54, 1.807) is 28.9 Å². The van der Waals surface area contributed by atoms with Crippen LogP contribution in [0.15, 0.2) is 18.5 Å². The predicted octanol–water partition coefficient (Wildman–Crippen LogP) is 3.50. The van der Waals surface area contributed by atoms with Crippen molar-refractivity contribution in [3.8, 4) is 10.6 Å². The first-order chi connectivity index (χ1) is 15.7. The van der Waals surface area contributed by atoms with Gasteiger partial charge in [0.2, 0.25) is 5.91 Å². The van der Waals surface area contributed by atoms with Crippen molar-refractivity contribution in [2.24, 2.45) is 5.92 Å². The molecule has 6 heterocycles. The highest BCUT2D eigenvalue weighted by Crippen LogP contribution is 2.44. The third-order valence-corrected chi connectivity index (χ3v) is 9.01. The van der Waals surface area contributed by atoms with Crippen molar-refractivity contribution >= 4 is 43.8 Å². The molecule has 3 aliphatic heterocycles. The van der Waals surface area contributed by atoms with Crippen molar-refractivity contribution in [3.63, 3.8) is 0 Å². The zero-order chi connectivity index (χ0) is 21.5. The van der Waals surface area contributed by atoms with E-state index in [1.165, 1.54) is 10.4 Å². The van der Waals surface area contributed by atoms with Gasteiger partial charge in [0.15, 0.2) is 0 Å². The first kappa shape index (κ1) is 20.7.